The first-order valence-corrected chi connectivity index (χ1v) is 14.1. The molecule has 1 unspecified atom stereocenters. The molecule has 10 heteroatoms. The number of amides is 3. The SMILES string of the molecule is CCCC(CCCN(C(=O)NCc1ccccc1)c1ccc(-n2cc(C(N)=O)cn2)cc1)CNc1ccc(C#N)cn1. The molecule has 10 nitrogen and oxygen atoms in total. The minimum atomic E-state index is -0.538. The first-order valence-electron chi connectivity index (χ1n) is 14.1. The minimum Gasteiger partial charge on any atom is -0.370 e. The van der Waals surface area contributed by atoms with Gasteiger partial charge in [-0.2, -0.15) is 10.4 Å². The van der Waals surface area contributed by atoms with E-state index in [0.29, 0.717) is 30.1 Å². The van der Waals surface area contributed by atoms with Crippen molar-refractivity contribution in [3.05, 3.63) is 102 Å². The summed E-state index contributed by atoms with van der Waals surface area (Å²) in [5.41, 5.74) is 8.75. The summed E-state index contributed by atoms with van der Waals surface area (Å²) in [7, 11) is 0. The highest BCUT2D eigenvalue weighted by Crippen LogP contribution is 2.21. The molecule has 0 aliphatic heterocycles. The van der Waals surface area contributed by atoms with Crippen LogP contribution in [0.2, 0.25) is 0 Å². The molecule has 2 heterocycles. The van der Waals surface area contributed by atoms with Crippen molar-refractivity contribution in [1.82, 2.24) is 20.1 Å². The Morgan fingerprint density at radius 2 is 1.83 bits per heavy atom. The Labute approximate surface area is 246 Å². The predicted octanol–water partition coefficient (Wildman–Crippen LogP) is 5.26. The number of nitrogens with one attached hydrogen (secondary N) is 2. The van der Waals surface area contributed by atoms with E-state index in [0.717, 1.165) is 55.0 Å². The second-order valence-corrected chi connectivity index (χ2v) is 10.1. The molecular formula is C32H36N8O2. The van der Waals surface area contributed by atoms with Crippen LogP contribution in [0.25, 0.3) is 5.69 Å². The van der Waals surface area contributed by atoms with Crippen LogP contribution in [0.15, 0.2) is 85.3 Å². The van der Waals surface area contributed by atoms with Gasteiger partial charge in [0.1, 0.15) is 11.9 Å². The van der Waals surface area contributed by atoms with Gasteiger partial charge in [-0.3, -0.25) is 9.69 Å². The fraction of sp³-hybridized carbons (Fsp3) is 0.281. The van der Waals surface area contributed by atoms with Gasteiger partial charge in [-0.1, -0.05) is 43.7 Å². The van der Waals surface area contributed by atoms with Crippen molar-refractivity contribution in [3.8, 4) is 11.8 Å². The number of pyridine rings is 1. The van der Waals surface area contributed by atoms with Crippen molar-refractivity contribution < 1.29 is 9.59 Å². The maximum Gasteiger partial charge on any atom is 0.322 e. The summed E-state index contributed by atoms with van der Waals surface area (Å²) in [5, 5.41) is 19.7. The number of aromatic nitrogens is 3. The van der Waals surface area contributed by atoms with E-state index in [1.165, 1.54) is 6.20 Å². The predicted molar refractivity (Wildman–Crippen MR) is 163 cm³/mol. The van der Waals surface area contributed by atoms with E-state index in [9.17, 15) is 9.59 Å². The van der Waals surface area contributed by atoms with Crippen LogP contribution in [0, 0.1) is 17.2 Å². The third-order valence-corrected chi connectivity index (χ3v) is 6.98. The van der Waals surface area contributed by atoms with Crippen molar-refractivity contribution in [1.29, 1.82) is 5.26 Å². The standard InChI is InChI=1S/C32H36N8O2/c1-2-7-24(19-35-30-16-11-26(18-33)21-36-30)10-6-17-39(32(42)37-20-25-8-4-3-5-9-25)28-12-14-29(15-13-28)40-23-27(22-38-40)31(34)41/h3-5,8-9,11-16,21-24H,2,6-7,10,17,19-20H2,1H3,(H2,34,41)(H,35,36)(H,37,42). The van der Waals surface area contributed by atoms with Gasteiger partial charge in [0.15, 0.2) is 0 Å². The molecule has 0 aliphatic carbocycles. The van der Waals surface area contributed by atoms with E-state index >= 15 is 0 Å². The Morgan fingerprint density at radius 3 is 2.48 bits per heavy atom. The molecule has 0 saturated heterocycles. The van der Waals surface area contributed by atoms with E-state index in [4.69, 9.17) is 11.0 Å². The Kier molecular flexibility index (Phi) is 10.6. The Bertz CT molecular complexity index is 1480. The number of hydrogen-bond acceptors (Lipinski definition) is 6. The largest absolute Gasteiger partial charge is 0.370 e. The number of nitriles is 1. The lowest BCUT2D eigenvalue weighted by molar-refractivity contribution is 0.1000. The number of rotatable bonds is 14. The minimum absolute atomic E-state index is 0.173. The second-order valence-electron chi connectivity index (χ2n) is 10.1. The first-order chi connectivity index (χ1) is 20.5. The zero-order valence-corrected chi connectivity index (χ0v) is 23.7. The Morgan fingerprint density at radius 1 is 1.05 bits per heavy atom. The number of urea groups is 1. The zero-order chi connectivity index (χ0) is 29.7. The molecule has 1 atom stereocenters. The van der Waals surface area contributed by atoms with Gasteiger partial charge >= 0.3 is 6.03 Å². The van der Waals surface area contributed by atoms with E-state index in [2.05, 4.69) is 33.7 Å². The molecule has 3 amide bonds. The third kappa shape index (κ3) is 8.41. The lowest BCUT2D eigenvalue weighted by Gasteiger charge is -2.25. The number of benzene rings is 2. The van der Waals surface area contributed by atoms with Crippen molar-refractivity contribution in [2.24, 2.45) is 11.7 Å². The maximum absolute atomic E-state index is 13.4. The molecule has 42 heavy (non-hydrogen) atoms. The van der Waals surface area contributed by atoms with Gasteiger partial charge in [0.05, 0.1) is 23.0 Å². The Hall–Kier alpha value is -5.17. The monoisotopic (exact) mass is 564 g/mol. The molecule has 0 radical (unpaired) electrons. The molecule has 0 spiro atoms. The number of primary amides is 1. The zero-order valence-electron chi connectivity index (χ0n) is 23.7. The number of carbonyl (C=O) groups excluding carboxylic acids is 2. The van der Waals surface area contributed by atoms with Crippen molar-refractivity contribution in [2.45, 2.75) is 39.2 Å². The summed E-state index contributed by atoms with van der Waals surface area (Å²) >= 11 is 0. The molecule has 2 aromatic heterocycles. The molecule has 4 aromatic rings. The Balaban J connectivity index is 1.42. The van der Waals surface area contributed by atoms with Gasteiger partial charge in [-0.05, 0) is 67.1 Å². The molecular weight excluding hydrogens is 528 g/mol. The molecule has 4 rings (SSSR count). The highest BCUT2D eigenvalue weighted by molar-refractivity contribution is 5.92. The lowest BCUT2D eigenvalue weighted by Crippen LogP contribution is -2.40. The van der Waals surface area contributed by atoms with Crippen molar-refractivity contribution in [2.75, 3.05) is 23.3 Å². The van der Waals surface area contributed by atoms with Gasteiger partial charge < -0.3 is 16.4 Å². The fourth-order valence-electron chi connectivity index (χ4n) is 4.70. The summed E-state index contributed by atoms with van der Waals surface area (Å²) in [4.78, 5) is 31.0. The van der Waals surface area contributed by atoms with Crippen LogP contribution in [-0.4, -0.2) is 39.8 Å². The lowest BCUT2D eigenvalue weighted by atomic mass is 9.97. The van der Waals surface area contributed by atoms with E-state index in [1.54, 1.807) is 28.0 Å². The molecule has 2 aromatic carbocycles. The van der Waals surface area contributed by atoms with Crippen LogP contribution in [0.1, 0.15) is 54.1 Å². The quantitative estimate of drug-likeness (QED) is 0.191. The summed E-state index contributed by atoms with van der Waals surface area (Å²) in [5.74, 6) is 0.615. The second kappa shape index (κ2) is 15.0. The van der Waals surface area contributed by atoms with E-state index in [-0.39, 0.29) is 6.03 Å². The van der Waals surface area contributed by atoms with Gasteiger partial charge in [0.25, 0.3) is 5.91 Å². The van der Waals surface area contributed by atoms with Crippen LogP contribution < -0.4 is 21.3 Å². The number of carbonyl (C=O) groups is 2. The van der Waals surface area contributed by atoms with Crippen LogP contribution >= 0.6 is 0 Å². The van der Waals surface area contributed by atoms with Gasteiger partial charge in [0.2, 0.25) is 0 Å². The topological polar surface area (TPSA) is 142 Å². The average Bonchev–Trinajstić information content (AvgIpc) is 3.53. The van der Waals surface area contributed by atoms with Gasteiger partial charge in [-0.25, -0.2) is 14.5 Å². The fourth-order valence-corrected chi connectivity index (χ4v) is 4.70. The molecule has 0 fully saturated rings. The van der Waals surface area contributed by atoms with Gasteiger partial charge in [0, 0.05) is 37.7 Å². The number of nitrogens with zero attached hydrogens (tertiary/aromatic N) is 5. The van der Waals surface area contributed by atoms with Gasteiger partial charge in [-0.15, -0.1) is 0 Å². The average molecular weight is 565 g/mol. The smallest absolute Gasteiger partial charge is 0.322 e. The van der Waals surface area contributed by atoms with E-state index < -0.39 is 5.91 Å². The highest BCUT2D eigenvalue weighted by atomic mass is 16.2. The third-order valence-electron chi connectivity index (χ3n) is 6.98. The first kappa shape index (κ1) is 29.8. The molecule has 4 N–H and O–H groups in total. The highest BCUT2D eigenvalue weighted by Gasteiger charge is 2.17. The molecule has 0 saturated carbocycles. The summed E-state index contributed by atoms with van der Waals surface area (Å²) in [6.45, 7) is 3.91. The van der Waals surface area contributed by atoms with Crippen LogP contribution in [-0.2, 0) is 6.54 Å². The molecule has 0 bridgehead atoms. The normalized spacial score (nSPS) is 11.3. The number of hydrogen-bond donors (Lipinski definition) is 3. The number of anilines is 2. The summed E-state index contributed by atoms with van der Waals surface area (Å²) < 4.78 is 1.58. The van der Waals surface area contributed by atoms with Crippen LogP contribution in [0.5, 0.6) is 0 Å². The summed E-state index contributed by atoms with van der Waals surface area (Å²) in [6.07, 6.45) is 8.43. The maximum atomic E-state index is 13.4. The van der Waals surface area contributed by atoms with E-state index in [1.807, 2.05) is 60.7 Å². The van der Waals surface area contributed by atoms with Crippen LogP contribution in [0.3, 0.4) is 0 Å². The number of nitrogens with two attached hydrogens (primary N) is 1. The molecule has 0 aliphatic rings. The summed E-state index contributed by atoms with van der Waals surface area (Å²) in [6, 6.07) is 22.8. The van der Waals surface area contributed by atoms with Crippen molar-refractivity contribution >= 4 is 23.4 Å². The molecule has 216 valence electrons. The van der Waals surface area contributed by atoms with Crippen LogP contribution in [0.4, 0.5) is 16.3 Å². The van der Waals surface area contributed by atoms with Crippen molar-refractivity contribution in [3.63, 3.8) is 0 Å².